The van der Waals surface area contributed by atoms with E-state index in [1.165, 1.54) is 0 Å². The van der Waals surface area contributed by atoms with Gasteiger partial charge in [-0.15, -0.1) is 0 Å². The fraction of sp³-hybridized carbons (Fsp3) is 0.435. The van der Waals surface area contributed by atoms with E-state index in [2.05, 4.69) is 26.3 Å². The lowest BCUT2D eigenvalue weighted by Crippen LogP contribution is -2.47. The maximum Gasteiger partial charge on any atom is 0.330 e. The van der Waals surface area contributed by atoms with Gasteiger partial charge in [0.15, 0.2) is 12.2 Å². The van der Waals surface area contributed by atoms with Gasteiger partial charge in [0.1, 0.15) is 19.8 Å². The zero-order valence-electron chi connectivity index (χ0n) is 19.1. The molecule has 0 saturated heterocycles. The lowest BCUT2D eigenvalue weighted by atomic mass is 9.96. The fourth-order valence-electron chi connectivity index (χ4n) is 2.16. The molecule has 0 fully saturated rings. The molecule has 0 aliphatic heterocycles. The highest BCUT2D eigenvalue weighted by atomic mass is 16.6. The van der Waals surface area contributed by atoms with Crippen LogP contribution in [0.3, 0.4) is 0 Å². The number of hydrogen-bond acceptors (Lipinski definition) is 10. The number of carbonyl (C=O) groups excluding carboxylic acids is 5. The van der Waals surface area contributed by atoms with Crippen LogP contribution >= 0.6 is 0 Å². The predicted molar refractivity (Wildman–Crippen MR) is 116 cm³/mol. The minimum Gasteiger partial charge on any atom is -0.465 e. The summed E-state index contributed by atoms with van der Waals surface area (Å²) in [6, 6.07) is 0. The van der Waals surface area contributed by atoms with Gasteiger partial charge in [-0.1, -0.05) is 26.3 Å². The van der Waals surface area contributed by atoms with Crippen LogP contribution in [0, 0.1) is 11.3 Å². The Morgan fingerprint density at radius 2 is 1.09 bits per heavy atom. The first kappa shape index (κ1) is 29.3. The predicted octanol–water partition coefficient (Wildman–Crippen LogP) is 1.85. The van der Waals surface area contributed by atoms with Gasteiger partial charge in [0.25, 0.3) is 0 Å². The van der Waals surface area contributed by atoms with E-state index in [1.54, 1.807) is 20.8 Å². The van der Waals surface area contributed by atoms with Gasteiger partial charge in [0.05, 0.1) is 11.3 Å². The summed E-state index contributed by atoms with van der Waals surface area (Å²) < 4.78 is 25.8. The van der Waals surface area contributed by atoms with Crippen molar-refractivity contribution in [1.82, 2.24) is 0 Å². The summed E-state index contributed by atoms with van der Waals surface area (Å²) in [4.78, 5) is 59.3. The molecule has 0 bridgehead atoms. The molecule has 0 aliphatic carbocycles. The zero-order chi connectivity index (χ0) is 25.6. The summed E-state index contributed by atoms with van der Waals surface area (Å²) in [6.07, 6.45) is 0.714. The first-order chi connectivity index (χ1) is 15.4. The van der Waals surface area contributed by atoms with Crippen molar-refractivity contribution in [2.24, 2.45) is 11.3 Å². The van der Waals surface area contributed by atoms with E-state index in [-0.39, 0.29) is 0 Å². The van der Waals surface area contributed by atoms with Crippen molar-refractivity contribution in [1.29, 1.82) is 0 Å². The highest BCUT2D eigenvalue weighted by Gasteiger charge is 2.38. The summed E-state index contributed by atoms with van der Waals surface area (Å²) in [5.74, 6) is -5.09. The average molecular weight is 466 g/mol. The largest absolute Gasteiger partial charge is 0.465 e. The van der Waals surface area contributed by atoms with E-state index in [9.17, 15) is 24.0 Å². The lowest BCUT2D eigenvalue weighted by molar-refractivity contribution is -0.181. The van der Waals surface area contributed by atoms with Crippen molar-refractivity contribution >= 4 is 29.8 Å². The van der Waals surface area contributed by atoms with Gasteiger partial charge in [-0.2, -0.15) is 0 Å². The Morgan fingerprint density at radius 3 is 1.55 bits per heavy atom. The monoisotopic (exact) mass is 466 g/mol. The number of esters is 5. The van der Waals surface area contributed by atoms with Crippen molar-refractivity contribution < 1.29 is 47.7 Å². The van der Waals surface area contributed by atoms with Crippen LogP contribution in [0.25, 0.3) is 0 Å². The molecular weight excluding hydrogens is 436 g/mol. The Morgan fingerprint density at radius 1 is 0.667 bits per heavy atom. The molecule has 182 valence electrons. The molecule has 0 rings (SSSR count). The van der Waals surface area contributed by atoms with Crippen molar-refractivity contribution in [2.75, 3.05) is 19.8 Å². The van der Waals surface area contributed by atoms with Crippen LogP contribution in [-0.2, 0) is 47.7 Å². The third kappa shape index (κ3) is 11.5. The van der Waals surface area contributed by atoms with Gasteiger partial charge in [-0.3, -0.25) is 4.79 Å². The van der Waals surface area contributed by atoms with Crippen LogP contribution < -0.4 is 0 Å². The van der Waals surface area contributed by atoms with Crippen LogP contribution in [0.4, 0.5) is 0 Å². The maximum atomic E-state index is 12.3. The van der Waals surface area contributed by atoms with E-state index in [0.717, 1.165) is 24.3 Å². The molecule has 0 saturated carbocycles. The third-order valence-corrected chi connectivity index (χ3v) is 3.89. The van der Waals surface area contributed by atoms with Gasteiger partial charge < -0.3 is 23.7 Å². The molecule has 0 aromatic rings. The van der Waals surface area contributed by atoms with Crippen LogP contribution in [0.1, 0.15) is 20.8 Å². The number of rotatable bonds is 14. The molecule has 10 nitrogen and oxygen atoms in total. The SMILES string of the molecule is C=CC(=O)OCC(COC(=O)C(C)(C)C)C(OC(=O)C=C)C(COC(=O)C=C)OC(=O)C=C. The quantitative estimate of drug-likeness (QED) is 0.212. The summed E-state index contributed by atoms with van der Waals surface area (Å²) in [6.45, 7) is 16.7. The minimum atomic E-state index is -1.39. The number of ether oxygens (including phenoxy) is 5. The van der Waals surface area contributed by atoms with E-state index in [1.807, 2.05) is 0 Å². The maximum absolute atomic E-state index is 12.3. The van der Waals surface area contributed by atoms with Crippen LogP contribution in [0.2, 0.25) is 0 Å². The second kappa shape index (κ2) is 14.4. The summed E-state index contributed by atoms with van der Waals surface area (Å²) in [7, 11) is 0. The summed E-state index contributed by atoms with van der Waals surface area (Å²) >= 11 is 0. The van der Waals surface area contributed by atoms with Gasteiger partial charge >= 0.3 is 29.8 Å². The van der Waals surface area contributed by atoms with Gasteiger partial charge in [-0.05, 0) is 20.8 Å². The summed E-state index contributed by atoms with van der Waals surface area (Å²) in [5.41, 5.74) is -0.857. The first-order valence-corrected chi connectivity index (χ1v) is 9.81. The van der Waals surface area contributed by atoms with E-state index in [4.69, 9.17) is 23.7 Å². The van der Waals surface area contributed by atoms with Gasteiger partial charge in [0, 0.05) is 24.3 Å². The summed E-state index contributed by atoms with van der Waals surface area (Å²) in [5, 5.41) is 0. The standard InChI is InChI=1S/C23H30O10/c1-8-17(24)29-12-15(13-31-22(28)23(5,6)7)21(33-20(27)11-4)16(32-19(26)10-3)14-30-18(25)9-2/h8-11,15-16,21H,1-4,12-14H2,5-7H3. The average Bonchev–Trinajstić information content (AvgIpc) is 2.78. The minimum absolute atomic E-state index is 0.396. The number of hydrogen-bond donors (Lipinski definition) is 0. The highest BCUT2D eigenvalue weighted by molar-refractivity contribution is 5.83. The van der Waals surface area contributed by atoms with Crippen molar-refractivity contribution in [3.63, 3.8) is 0 Å². The molecule has 0 radical (unpaired) electrons. The van der Waals surface area contributed by atoms with E-state index >= 15 is 0 Å². The first-order valence-electron chi connectivity index (χ1n) is 9.81. The molecule has 0 aromatic carbocycles. The van der Waals surface area contributed by atoms with Crippen molar-refractivity contribution in [3.8, 4) is 0 Å². The smallest absolute Gasteiger partial charge is 0.330 e. The topological polar surface area (TPSA) is 132 Å². The molecule has 0 aliphatic rings. The molecule has 3 atom stereocenters. The van der Waals surface area contributed by atoms with E-state index < -0.39 is 73.2 Å². The van der Waals surface area contributed by atoms with Crippen LogP contribution in [-0.4, -0.2) is 61.9 Å². The zero-order valence-corrected chi connectivity index (χ0v) is 19.1. The number of carbonyl (C=O) groups is 5. The van der Waals surface area contributed by atoms with Crippen LogP contribution in [0.15, 0.2) is 50.6 Å². The van der Waals surface area contributed by atoms with Crippen molar-refractivity contribution in [2.45, 2.75) is 33.0 Å². The van der Waals surface area contributed by atoms with Gasteiger partial charge in [0.2, 0.25) is 0 Å². The van der Waals surface area contributed by atoms with Crippen LogP contribution in [0.5, 0.6) is 0 Å². The normalized spacial score (nSPS) is 13.2. The third-order valence-electron chi connectivity index (χ3n) is 3.89. The molecule has 0 amide bonds. The Labute approximate surface area is 192 Å². The fourth-order valence-corrected chi connectivity index (χ4v) is 2.16. The molecule has 0 aromatic heterocycles. The van der Waals surface area contributed by atoms with Crippen molar-refractivity contribution in [3.05, 3.63) is 50.6 Å². The Bertz CT molecular complexity index is 775. The van der Waals surface area contributed by atoms with Gasteiger partial charge in [-0.25, -0.2) is 19.2 Å². The highest BCUT2D eigenvalue weighted by Crippen LogP contribution is 2.21. The Balaban J connectivity index is 6.11. The molecule has 0 spiro atoms. The molecule has 3 unspecified atom stereocenters. The Kier molecular flexibility index (Phi) is 12.8. The molecule has 33 heavy (non-hydrogen) atoms. The molecule has 10 heteroatoms. The Hall–Kier alpha value is -3.69. The lowest BCUT2D eigenvalue weighted by Gasteiger charge is -2.32. The second-order valence-corrected chi connectivity index (χ2v) is 7.56. The second-order valence-electron chi connectivity index (χ2n) is 7.56. The molecular formula is C23H30O10. The van der Waals surface area contributed by atoms with E-state index in [0.29, 0.717) is 0 Å². The molecule has 0 N–H and O–H groups in total. The molecule has 0 heterocycles.